The first-order valence-corrected chi connectivity index (χ1v) is 6.60. The van der Waals surface area contributed by atoms with Crippen LogP contribution in [0.2, 0.25) is 0 Å². The second-order valence-electron chi connectivity index (χ2n) is 6.37. The van der Waals surface area contributed by atoms with Crippen molar-refractivity contribution in [1.29, 1.82) is 0 Å². The standard InChI is InChI=1S/C14H19NO4/c1-14(2)4-9-7(10(16)5-14)3-8(15-9)13-12(18)11(17)6-19-13/h3,11-13,15,17-18H,4-6H2,1-2H3/t11-,12-,13+/m1/s1. The molecule has 1 fully saturated rings. The van der Waals surface area contributed by atoms with Crippen molar-refractivity contribution in [2.75, 3.05) is 6.61 Å². The van der Waals surface area contributed by atoms with Gasteiger partial charge in [-0.15, -0.1) is 0 Å². The smallest absolute Gasteiger partial charge is 0.165 e. The number of aromatic nitrogens is 1. The predicted octanol–water partition coefficient (Wildman–Crippen LogP) is 0.963. The highest BCUT2D eigenvalue weighted by Gasteiger charge is 2.39. The minimum atomic E-state index is -0.941. The van der Waals surface area contributed by atoms with E-state index in [1.54, 1.807) is 6.07 Å². The Hall–Kier alpha value is -1.17. The first kappa shape index (κ1) is 12.8. The Labute approximate surface area is 111 Å². The quantitative estimate of drug-likeness (QED) is 0.706. The monoisotopic (exact) mass is 265 g/mol. The van der Waals surface area contributed by atoms with Crippen LogP contribution < -0.4 is 0 Å². The number of ether oxygens (including phenoxy) is 1. The van der Waals surface area contributed by atoms with E-state index < -0.39 is 18.3 Å². The number of fused-ring (bicyclic) bond motifs is 1. The number of H-pyrrole nitrogens is 1. The average molecular weight is 265 g/mol. The maximum atomic E-state index is 12.1. The van der Waals surface area contributed by atoms with E-state index in [1.165, 1.54) is 0 Å². The second-order valence-corrected chi connectivity index (χ2v) is 6.37. The summed E-state index contributed by atoms with van der Waals surface area (Å²) in [5.74, 6) is 0.127. The van der Waals surface area contributed by atoms with Gasteiger partial charge < -0.3 is 19.9 Å². The minimum absolute atomic E-state index is 0.0408. The predicted molar refractivity (Wildman–Crippen MR) is 67.9 cm³/mol. The molecule has 3 N–H and O–H groups in total. The number of nitrogens with one attached hydrogen (secondary N) is 1. The normalized spacial score (nSPS) is 33.5. The van der Waals surface area contributed by atoms with Gasteiger partial charge in [0.15, 0.2) is 5.78 Å². The Balaban J connectivity index is 1.93. The molecule has 3 rings (SSSR count). The molecular formula is C14H19NO4. The molecule has 104 valence electrons. The molecule has 0 unspecified atom stereocenters. The molecule has 0 amide bonds. The third kappa shape index (κ3) is 2.12. The molecule has 19 heavy (non-hydrogen) atoms. The maximum Gasteiger partial charge on any atom is 0.165 e. The second kappa shape index (κ2) is 4.16. The lowest BCUT2D eigenvalue weighted by Gasteiger charge is -2.27. The molecule has 0 radical (unpaired) electrons. The molecule has 5 nitrogen and oxygen atoms in total. The maximum absolute atomic E-state index is 12.1. The van der Waals surface area contributed by atoms with Gasteiger partial charge in [0.2, 0.25) is 0 Å². The molecule has 0 aromatic carbocycles. The van der Waals surface area contributed by atoms with Gasteiger partial charge in [-0.3, -0.25) is 4.79 Å². The number of aliphatic hydroxyl groups is 2. The Kier molecular flexibility index (Phi) is 2.81. The summed E-state index contributed by atoms with van der Waals surface area (Å²) in [6, 6.07) is 1.76. The highest BCUT2D eigenvalue weighted by Crippen LogP contribution is 2.37. The van der Waals surface area contributed by atoms with Crippen molar-refractivity contribution in [3.05, 3.63) is 23.0 Å². The third-order valence-electron chi connectivity index (χ3n) is 3.97. The Morgan fingerprint density at radius 1 is 1.37 bits per heavy atom. The Morgan fingerprint density at radius 3 is 2.74 bits per heavy atom. The van der Waals surface area contributed by atoms with Gasteiger partial charge in [-0.2, -0.15) is 0 Å². The van der Waals surface area contributed by atoms with E-state index in [-0.39, 0.29) is 17.8 Å². The zero-order valence-electron chi connectivity index (χ0n) is 11.1. The van der Waals surface area contributed by atoms with Crippen molar-refractivity contribution in [3.8, 4) is 0 Å². The van der Waals surface area contributed by atoms with Gasteiger partial charge in [0.05, 0.1) is 6.61 Å². The molecule has 2 aliphatic rings. The minimum Gasteiger partial charge on any atom is -0.388 e. The van der Waals surface area contributed by atoms with Crippen LogP contribution in [0.15, 0.2) is 6.07 Å². The van der Waals surface area contributed by atoms with Crippen molar-refractivity contribution in [2.24, 2.45) is 5.41 Å². The SMILES string of the molecule is CC1(C)CC(=O)c2cc([C@@H]3OC[C@@H](O)[C@H]3O)[nH]c2C1. The van der Waals surface area contributed by atoms with Crippen LogP contribution >= 0.6 is 0 Å². The molecule has 1 aromatic heterocycles. The van der Waals surface area contributed by atoms with Gasteiger partial charge >= 0.3 is 0 Å². The highest BCUT2D eigenvalue weighted by atomic mass is 16.5. The summed E-state index contributed by atoms with van der Waals surface area (Å²) in [4.78, 5) is 15.3. The number of Topliss-reactive ketones (excluding diaryl/α,β-unsaturated/α-hetero) is 1. The summed E-state index contributed by atoms with van der Waals surface area (Å²) < 4.78 is 5.39. The van der Waals surface area contributed by atoms with Gasteiger partial charge in [0.1, 0.15) is 18.3 Å². The summed E-state index contributed by atoms with van der Waals surface area (Å²) in [6.45, 7) is 4.26. The molecule has 2 heterocycles. The number of hydrogen-bond donors (Lipinski definition) is 3. The lowest BCUT2D eigenvalue weighted by Crippen LogP contribution is -2.26. The van der Waals surface area contributed by atoms with Crippen molar-refractivity contribution in [1.82, 2.24) is 4.98 Å². The van der Waals surface area contributed by atoms with E-state index in [0.29, 0.717) is 17.7 Å². The van der Waals surface area contributed by atoms with Crippen molar-refractivity contribution < 1.29 is 19.7 Å². The largest absolute Gasteiger partial charge is 0.388 e. The first-order chi connectivity index (χ1) is 8.87. The van der Waals surface area contributed by atoms with Crippen LogP contribution in [-0.2, 0) is 11.2 Å². The number of aliphatic hydroxyl groups excluding tert-OH is 2. The first-order valence-electron chi connectivity index (χ1n) is 6.60. The number of aromatic amines is 1. The fraction of sp³-hybridized carbons (Fsp3) is 0.643. The fourth-order valence-electron chi connectivity index (χ4n) is 3.01. The molecule has 1 aliphatic carbocycles. The van der Waals surface area contributed by atoms with E-state index >= 15 is 0 Å². The van der Waals surface area contributed by atoms with Crippen LogP contribution in [-0.4, -0.2) is 39.8 Å². The molecule has 1 aliphatic heterocycles. The van der Waals surface area contributed by atoms with E-state index in [4.69, 9.17) is 4.74 Å². The van der Waals surface area contributed by atoms with E-state index in [2.05, 4.69) is 18.8 Å². The van der Waals surface area contributed by atoms with Gasteiger partial charge in [0, 0.05) is 23.4 Å². The van der Waals surface area contributed by atoms with E-state index in [0.717, 1.165) is 12.1 Å². The number of ketones is 1. The lowest BCUT2D eigenvalue weighted by molar-refractivity contribution is 0.0207. The third-order valence-corrected chi connectivity index (χ3v) is 3.97. The molecule has 1 saturated heterocycles. The summed E-state index contributed by atoms with van der Waals surface area (Å²) in [6.07, 6.45) is -1.04. The zero-order chi connectivity index (χ0) is 13.8. The van der Waals surface area contributed by atoms with Crippen LogP contribution in [0.3, 0.4) is 0 Å². The van der Waals surface area contributed by atoms with Gasteiger partial charge in [-0.25, -0.2) is 0 Å². The lowest BCUT2D eigenvalue weighted by atomic mass is 9.76. The van der Waals surface area contributed by atoms with E-state index in [9.17, 15) is 15.0 Å². The molecular weight excluding hydrogens is 246 g/mol. The summed E-state index contributed by atoms with van der Waals surface area (Å²) >= 11 is 0. The number of carbonyl (C=O) groups excluding carboxylic acids is 1. The number of hydrogen-bond acceptors (Lipinski definition) is 4. The van der Waals surface area contributed by atoms with Crippen molar-refractivity contribution in [2.45, 2.75) is 45.0 Å². The van der Waals surface area contributed by atoms with Crippen molar-refractivity contribution >= 4 is 5.78 Å². The summed E-state index contributed by atoms with van der Waals surface area (Å²) in [7, 11) is 0. The Morgan fingerprint density at radius 2 is 2.11 bits per heavy atom. The molecule has 0 spiro atoms. The van der Waals surface area contributed by atoms with Crippen LogP contribution in [0.25, 0.3) is 0 Å². The van der Waals surface area contributed by atoms with Crippen molar-refractivity contribution in [3.63, 3.8) is 0 Å². The average Bonchev–Trinajstić information content (AvgIpc) is 2.83. The van der Waals surface area contributed by atoms with Gasteiger partial charge in [0.25, 0.3) is 0 Å². The summed E-state index contributed by atoms with van der Waals surface area (Å²) in [5.41, 5.74) is 2.25. The van der Waals surface area contributed by atoms with Crippen LogP contribution in [0, 0.1) is 5.41 Å². The van der Waals surface area contributed by atoms with E-state index in [1.807, 2.05) is 0 Å². The summed E-state index contributed by atoms with van der Waals surface area (Å²) in [5, 5.41) is 19.4. The molecule has 5 heteroatoms. The van der Waals surface area contributed by atoms with Crippen LogP contribution in [0.5, 0.6) is 0 Å². The topological polar surface area (TPSA) is 82.6 Å². The Bertz CT molecular complexity index is 520. The molecule has 3 atom stereocenters. The van der Waals surface area contributed by atoms with Gasteiger partial charge in [-0.1, -0.05) is 13.8 Å². The van der Waals surface area contributed by atoms with Gasteiger partial charge in [-0.05, 0) is 17.9 Å². The van der Waals surface area contributed by atoms with Crippen LogP contribution in [0.1, 0.15) is 48.1 Å². The highest BCUT2D eigenvalue weighted by molar-refractivity contribution is 5.99. The fourth-order valence-corrected chi connectivity index (χ4v) is 3.01. The number of carbonyl (C=O) groups is 1. The molecule has 0 bridgehead atoms. The van der Waals surface area contributed by atoms with Crippen LogP contribution in [0.4, 0.5) is 0 Å². The molecule has 1 aromatic rings. The molecule has 0 saturated carbocycles. The zero-order valence-corrected chi connectivity index (χ0v) is 11.1. The number of rotatable bonds is 1.